The number of aliphatic carboxylic acids is 1. The molecule has 1 heterocycles. The summed E-state index contributed by atoms with van der Waals surface area (Å²) in [5.41, 5.74) is 0.927. The molecule has 1 aromatic heterocycles. The molecule has 0 saturated heterocycles. The van der Waals surface area contributed by atoms with Gasteiger partial charge in [0, 0.05) is 19.7 Å². The van der Waals surface area contributed by atoms with E-state index in [9.17, 15) is 14.4 Å². The summed E-state index contributed by atoms with van der Waals surface area (Å²) < 4.78 is 5.95. The molecule has 0 radical (unpaired) electrons. The van der Waals surface area contributed by atoms with Gasteiger partial charge in [0.2, 0.25) is 0 Å². The molecule has 1 atom stereocenters. The molecule has 21 heavy (non-hydrogen) atoms. The van der Waals surface area contributed by atoms with Crippen molar-refractivity contribution in [2.75, 3.05) is 7.11 Å². The van der Waals surface area contributed by atoms with Gasteiger partial charge in [-0.25, -0.2) is 4.79 Å². The van der Waals surface area contributed by atoms with E-state index < -0.39 is 23.9 Å². The first-order valence-electron chi connectivity index (χ1n) is 6.52. The number of carboxylic acids is 1. The predicted octanol–water partition coefficient (Wildman–Crippen LogP) is 0.119. The highest BCUT2D eigenvalue weighted by atomic mass is 16.5. The van der Waals surface area contributed by atoms with Gasteiger partial charge in [0.15, 0.2) is 0 Å². The lowest BCUT2D eigenvalue weighted by Crippen LogP contribution is -2.41. The molecule has 1 rings (SSSR count). The zero-order chi connectivity index (χ0) is 16.0. The number of nitrogens with one attached hydrogen (secondary N) is 1. The average molecular weight is 297 g/mol. The summed E-state index contributed by atoms with van der Waals surface area (Å²) in [4.78, 5) is 34.3. The second kappa shape index (κ2) is 7.41. The normalized spacial score (nSPS) is 11.8. The summed E-state index contributed by atoms with van der Waals surface area (Å²) >= 11 is 0. The first-order valence-corrected chi connectivity index (χ1v) is 6.52. The largest absolute Gasteiger partial charge is 0.480 e. The minimum absolute atomic E-state index is 0.0323. The zero-order valence-corrected chi connectivity index (χ0v) is 12.3. The van der Waals surface area contributed by atoms with Crippen LogP contribution in [-0.2, 0) is 27.8 Å². The number of methoxy groups -OCH3 is 1. The highest BCUT2D eigenvalue weighted by Gasteiger charge is 2.24. The second-order valence-electron chi connectivity index (χ2n) is 4.50. The molecule has 0 spiro atoms. The molecule has 0 aliphatic carbocycles. The van der Waals surface area contributed by atoms with Crippen molar-refractivity contribution in [2.45, 2.75) is 32.2 Å². The number of nitrogens with zero attached hydrogens (tertiary/aromatic N) is 2. The maximum atomic E-state index is 12.1. The topological polar surface area (TPSA) is 111 Å². The lowest BCUT2D eigenvalue weighted by molar-refractivity contribution is -0.142. The molecule has 116 valence electrons. The van der Waals surface area contributed by atoms with Gasteiger partial charge >= 0.3 is 11.9 Å². The third-order valence-electron chi connectivity index (χ3n) is 2.95. The zero-order valence-electron chi connectivity index (χ0n) is 12.3. The Morgan fingerprint density at radius 3 is 2.67 bits per heavy atom. The Morgan fingerprint density at radius 2 is 2.14 bits per heavy atom. The summed E-state index contributed by atoms with van der Waals surface area (Å²) in [5.74, 6) is -2.24. The Bertz CT molecular complexity index is 538. The minimum Gasteiger partial charge on any atom is -0.480 e. The maximum Gasteiger partial charge on any atom is 0.326 e. The minimum atomic E-state index is -1.20. The molecular weight excluding hydrogens is 278 g/mol. The molecule has 0 fully saturated rings. The molecule has 0 unspecified atom stereocenters. The van der Waals surface area contributed by atoms with E-state index in [-0.39, 0.29) is 12.8 Å². The molecule has 0 aliphatic heterocycles. The Labute approximate surface area is 122 Å². The Balaban J connectivity index is 2.76. The van der Waals surface area contributed by atoms with Crippen molar-refractivity contribution < 1.29 is 24.2 Å². The number of carbonyl (C=O) groups excluding carboxylic acids is 2. The molecule has 1 aromatic rings. The molecule has 8 nitrogen and oxygen atoms in total. The fraction of sp³-hybridized carbons (Fsp3) is 0.538. The highest BCUT2D eigenvalue weighted by Crippen LogP contribution is 2.08. The number of ether oxygens (including phenoxy) is 1. The van der Waals surface area contributed by atoms with Crippen LogP contribution >= 0.6 is 0 Å². The number of aromatic nitrogens is 2. The monoisotopic (exact) mass is 297 g/mol. The molecule has 0 aromatic carbocycles. The Kier molecular flexibility index (Phi) is 5.89. The molecule has 2 N–H and O–H groups in total. The van der Waals surface area contributed by atoms with E-state index in [1.165, 1.54) is 18.0 Å². The van der Waals surface area contributed by atoms with E-state index in [0.717, 1.165) is 0 Å². The van der Waals surface area contributed by atoms with Crippen LogP contribution in [0.25, 0.3) is 0 Å². The second-order valence-corrected chi connectivity index (χ2v) is 4.50. The Morgan fingerprint density at radius 1 is 1.48 bits per heavy atom. The average Bonchev–Trinajstić information content (AvgIpc) is 2.83. The highest BCUT2D eigenvalue weighted by molar-refractivity contribution is 5.97. The van der Waals surface area contributed by atoms with E-state index in [2.05, 4.69) is 15.2 Å². The summed E-state index contributed by atoms with van der Waals surface area (Å²) in [6.45, 7) is 1.85. The maximum absolute atomic E-state index is 12.1. The fourth-order valence-corrected chi connectivity index (χ4v) is 1.84. The van der Waals surface area contributed by atoms with Gasteiger partial charge in [-0.1, -0.05) is 6.92 Å². The van der Waals surface area contributed by atoms with Crippen LogP contribution in [0.5, 0.6) is 0 Å². The van der Waals surface area contributed by atoms with Crippen molar-refractivity contribution in [3.05, 3.63) is 17.5 Å². The van der Waals surface area contributed by atoms with Crippen molar-refractivity contribution >= 4 is 17.8 Å². The van der Waals surface area contributed by atoms with Crippen LogP contribution in [0.3, 0.4) is 0 Å². The molecule has 0 bridgehead atoms. The van der Waals surface area contributed by atoms with E-state index in [0.29, 0.717) is 17.7 Å². The number of amides is 1. The van der Waals surface area contributed by atoms with Gasteiger partial charge in [-0.3, -0.25) is 14.3 Å². The molecule has 1 amide bonds. The number of carboxylic acid groups (broad SMARTS) is 1. The third-order valence-corrected chi connectivity index (χ3v) is 2.95. The number of rotatable bonds is 7. The van der Waals surface area contributed by atoms with E-state index >= 15 is 0 Å². The van der Waals surface area contributed by atoms with Crippen molar-refractivity contribution in [3.63, 3.8) is 0 Å². The predicted molar refractivity (Wildman–Crippen MR) is 72.7 cm³/mol. The Hall–Kier alpha value is -2.38. The number of hydrogen-bond donors (Lipinski definition) is 2. The SMILES string of the molecule is CCc1nn(C)cc1C(=O)N[C@@H](CCC(=O)OC)C(=O)O. The molecular formula is C13H19N3O5. The first kappa shape index (κ1) is 16.7. The molecule has 0 aliphatic rings. The van der Waals surface area contributed by atoms with Gasteiger partial charge in [0.1, 0.15) is 6.04 Å². The van der Waals surface area contributed by atoms with E-state index in [1.807, 2.05) is 6.92 Å². The lowest BCUT2D eigenvalue weighted by atomic mass is 10.1. The van der Waals surface area contributed by atoms with Crippen molar-refractivity contribution in [2.24, 2.45) is 7.05 Å². The van der Waals surface area contributed by atoms with Crippen LogP contribution in [0.2, 0.25) is 0 Å². The van der Waals surface area contributed by atoms with Crippen LogP contribution in [0, 0.1) is 0 Å². The standard InChI is InChI=1S/C13H19N3O5/c1-4-9-8(7-16(2)15-9)12(18)14-10(13(19)20)5-6-11(17)21-3/h7,10H,4-6H2,1-3H3,(H,14,18)(H,19,20)/t10-/m0/s1. The van der Waals surface area contributed by atoms with E-state index in [1.54, 1.807) is 7.05 Å². The van der Waals surface area contributed by atoms with Crippen molar-refractivity contribution in [3.8, 4) is 0 Å². The van der Waals surface area contributed by atoms with Gasteiger partial charge in [0.05, 0.1) is 18.4 Å². The lowest BCUT2D eigenvalue weighted by Gasteiger charge is -2.13. The van der Waals surface area contributed by atoms with Gasteiger partial charge in [0.25, 0.3) is 5.91 Å². The molecule has 0 saturated carbocycles. The van der Waals surface area contributed by atoms with Gasteiger partial charge in [-0.15, -0.1) is 0 Å². The van der Waals surface area contributed by atoms with Crippen molar-refractivity contribution in [1.82, 2.24) is 15.1 Å². The quantitative estimate of drug-likeness (QED) is 0.692. The van der Waals surface area contributed by atoms with Crippen LogP contribution in [0.1, 0.15) is 35.8 Å². The number of aryl methyl sites for hydroxylation is 2. The van der Waals surface area contributed by atoms with Crippen LogP contribution in [0.15, 0.2) is 6.20 Å². The summed E-state index contributed by atoms with van der Waals surface area (Å²) in [6.07, 6.45) is 1.98. The number of esters is 1. The number of hydrogen-bond acceptors (Lipinski definition) is 5. The van der Waals surface area contributed by atoms with Gasteiger partial charge in [-0.2, -0.15) is 5.10 Å². The van der Waals surface area contributed by atoms with Gasteiger partial charge in [-0.05, 0) is 12.8 Å². The summed E-state index contributed by atoms with van der Waals surface area (Å²) in [6, 6.07) is -1.15. The number of carbonyl (C=O) groups is 3. The van der Waals surface area contributed by atoms with Crippen LogP contribution in [-0.4, -0.2) is 45.9 Å². The van der Waals surface area contributed by atoms with Crippen molar-refractivity contribution in [1.29, 1.82) is 0 Å². The summed E-state index contributed by atoms with van der Waals surface area (Å²) in [7, 11) is 2.90. The summed E-state index contributed by atoms with van der Waals surface area (Å²) in [5, 5.41) is 15.6. The third kappa shape index (κ3) is 4.59. The van der Waals surface area contributed by atoms with Crippen LogP contribution in [0.4, 0.5) is 0 Å². The molecule has 8 heteroatoms. The smallest absolute Gasteiger partial charge is 0.326 e. The fourth-order valence-electron chi connectivity index (χ4n) is 1.84. The first-order chi connectivity index (χ1) is 9.88. The van der Waals surface area contributed by atoms with E-state index in [4.69, 9.17) is 5.11 Å². The van der Waals surface area contributed by atoms with Gasteiger partial charge < -0.3 is 15.2 Å². The van der Waals surface area contributed by atoms with Crippen LogP contribution < -0.4 is 5.32 Å².